The zero-order valence-corrected chi connectivity index (χ0v) is 12.7. The zero-order chi connectivity index (χ0) is 17.0. The number of rotatable bonds is 4. The fourth-order valence-corrected chi connectivity index (χ4v) is 2.02. The predicted molar refractivity (Wildman–Crippen MR) is 85.9 cm³/mol. The van der Waals surface area contributed by atoms with Gasteiger partial charge >= 0.3 is 0 Å². The third-order valence-corrected chi connectivity index (χ3v) is 3.34. The Kier molecular flexibility index (Phi) is 4.92. The largest absolute Gasteiger partial charge is 0.507 e. The molecule has 0 unspecified atom stereocenters. The van der Waals surface area contributed by atoms with Crippen molar-refractivity contribution in [1.82, 2.24) is 5.43 Å². The molecular formula is C15H12ClN3O4. The summed E-state index contributed by atoms with van der Waals surface area (Å²) in [5, 5.41) is 24.4. The molecule has 0 aromatic heterocycles. The molecule has 2 N–H and O–H groups in total. The van der Waals surface area contributed by atoms with Gasteiger partial charge in [-0.25, -0.2) is 5.43 Å². The molecule has 0 atom stereocenters. The highest BCUT2D eigenvalue weighted by Gasteiger charge is 2.16. The molecule has 8 heteroatoms. The first kappa shape index (κ1) is 16.4. The van der Waals surface area contributed by atoms with Gasteiger partial charge in [0.15, 0.2) is 0 Å². The highest BCUT2D eigenvalue weighted by Crippen LogP contribution is 2.25. The van der Waals surface area contributed by atoms with E-state index in [4.69, 9.17) is 11.6 Å². The molecule has 0 saturated carbocycles. The summed E-state index contributed by atoms with van der Waals surface area (Å²) in [4.78, 5) is 22.2. The lowest BCUT2D eigenvalue weighted by molar-refractivity contribution is -0.384. The molecule has 1 amide bonds. The minimum atomic E-state index is -0.671. The van der Waals surface area contributed by atoms with Crippen molar-refractivity contribution in [2.45, 2.75) is 6.92 Å². The van der Waals surface area contributed by atoms with Gasteiger partial charge in [0.2, 0.25) is 0 Å². The Morgan fingerprint density at radius 3 is 2.65 bits per heavy atom. The van der Waals surface area contributed by atoms with E-state index in [0.29, 0.717) is 11.3 Å². The van der Waals surface area contributed by atoms with Crippen molar-refractivity contribution < 1.29 is 14.8 Å². The lowest BCUT2D eigenvalue weighted by Gasteiger charge is -2.05. The van der Waals surface area contributed by atoms with Crippen molar-refractivity contribution >= 4 is 28.9 Å². The van der Waals surface area contributed by atoms with Gasteiger partial charge in [-0.1, -0.05) is 23.7 Å². The first-order valence-corrected chi connectivity index (χ1v) is 6.85. The number of nitro benzene ring substituents is 1. The molecule has 0 bridgehead atoms. The first-order chi connectivity index (χ1) is 10.9. The molecule has 0 saturated heterocycles. The van der Waals surface area contributed by atoms with E-state index in [1.165, 1.54) is 18.2 Å². The summed E-state index contributed by atoms with van der Waals surface area (Å²) in [6.07, 6.45) is 0. The van der Waals surface area contributed by atoms with Crippen LogP contribution in [0.3, 0.4) is 0 Å². The molecule has 2 aromatic rings. The monoisotopic (exact) mass is 333 g/mol. The highest BCUT2D eigenvalue weighted by atomic mass is 35.5. The lowest BCUT2D eigenvalue weighted by atomic mass is 10.1. The Morgan fingerprint density at radius 2 is 2.00 bits per heavy atom. The van der Waals surface area contributed by atoms with Crippen LogP contribution < -0.4 is 5.43 Å². The summed E-state index contributed by atoms with van der Waals surface area (Å²) < 4.78 is 0. The summed E-state index contributed by atoms with van der Waals surface area (Å²) in [7, 11) is 0. The van der Waals surface area contributed by atoms with Crippen molar-refractivity contribution in [2.75, 3.05) is 0 Å². The number of hydrazone groups is 1. The number of nitro groups is 1. The number of aromatic hydroxyl groups is 1. The number of para-hydroxylation sites is 1. The summed E-state index contributed by atoms with van der Waals surface area (Å²) in [5.74, 6) is -0.593. The number of hydrogen-bond acceptors (Lipinski definition) is 5. The van der Waals surface area contributed by atoms with Crippen LogP contribution in [0.15, 0.2) is 47.6 Å². The summed E-state index contributed by atoms with van der Waals surface area (Å²) >= 11 is 5.69. The van der Waals surface area contributed by atoms with E-state index >= 15 is 0 Å². The number of carbonyl (C=O) groups excluding carboxylic acids is 1. The molecule has 2 rings (SSSR count). The van der Waals surface area contributed by atoms with E-state index in [-0.39, 0.29) is 22.0 Å². The normalized spacial score (nSPS) is 11.1. The second-order valence-corrected chi connectivity index (χ2v) is 4.99. The van der Waals surface area contributed by atoms with E-state index in [0.717, 1.165) is 6.07 Å². The van der Waals surface area contributed by atoms with Crippen LogP contribution >= 0.6 is 11.6 Å². The number of nitrogens with one attached hydrogen (secondary N) is 1. The average Bonchev–Trinajstić information content (AvgIpc) is 2.52. The van der Waals surface area contributed by atoms with Gasteiger partial charge in [0, 0.05) is 17.2 Å². The van der Waals surface area contributed by atoms with Crippen molar-refractivity contribution in [1.29, 1.82) is 0 Å². The second-order valence-electron chi connectivity index (χ2n) is 4.58. The average molecular weight is 334 g/mol. The Morgan fingerprint density at radius 1 is 1.30 bits per heavy atom. The molecule has 7 nitrogen and oxygen atoms in total. The number of halogens is 1. The maximum atomic E-state index is 12.0. The van der Waals surface area contributed by atoms with E-state index < -0.39 is 10.8 Å². The Labute approximate surface area is 136 Å². The van der Waals surface area contributed by atoms with E-state index in [1.807, 2.05) is 0 Å². The quantitative estimate of drug-likeness (QED) is 0.509. The van der Waals surface area contributed by atoms with Crippen LogP contribution in [0, 0.1) is 10.1 Å². The second kappa shape index (κ2) is 6.89. The van der Waals surface area contributed by atoms with Crippen LogP contribution in [-0.4, -0.2) is 21.6 Å². The molecule has 0 fully saturated rings. The van der Waals surface area contributed by atoms with E-state index in [1.54, 1.807) is 25.1 Å². The minimum Gasteiger partial charge on any atom is -0.507 e. The Hall–Kier alpha value is -2.93. The van der Waals surface area contributed by atoms with Crippen molar-refractivity contribution in [3.05, 3.63) is 68.7 Å². The summed E-state index contributed by atoms with van der Waals surface area (Å²) in [6.45, 7) is 1.61. The van der Waals surface area contributed by atoms with Gasteiger partial charge in [-0.15, -0.1) is 0 Å². The lowest BCUT2D eigenvalue weighted by Crippen LogP contribution is -2.19. The van der Waals surface area contributed by atoms with Crippen molar-refractivity contribution in [2.24, 2.45) is 5.10 Å². The maximum absolute atomic E-state index is 12.0. The molecule has 0 aliphatic heterocycles. The van der Waals surface area contributed by atoms with Gasteiger partial charge < -0.3 is 5.11 Å². The number of amides is 1. The summed E-state index contributed by atoms with van der Waals surface area (Å²) in [6, 6.07) is 10.2. The third kappa shape index (κ3) is 3.83. The molecule has 0 spiro atoms. The Balaban J connectivity index is 2.20. The number of phenolic OH excluding ortho intramolecular Hbond substituents is 1. The third-order valence-electron chi connectivity index (χ3n) is 3.02. The Bertz CT molecular complexity index is 805. The van der Waals surface area contributed by atoms with Gasteiger partial charge in [0.1, 0.15) is 10.8 Å². The minimum absolute atomic E-state index is 0.0325. The number of phenols is 1. The standard InChI is InChI=1S/C15H12ClN3O4/c1-9(11-4-2-3-5-14(11)20)17-18-15(21)10-6-7-12(16)13(8-10)19(22)23/h2-8,20H,1H3,(H,18,21). The smallest absolute Gasteiger partial charge is 0.288 e. The number of hydrogen-bond donors (Lipinski definition) is 2. The highest BCUT2D eigenvalue weighted by molar-refractivity contribution is 6.32. The van der Waals surface area contributed by atoms with Crippen LogP contribution in [0.1, 0.15) is 22.8 Å². The molecule has 0 aliphatic rings. The maximum Gasteiger partial charge on any atom is 0.288 e. The summed E-state index contributed by atoms with van der Waals surface area (Å²) in [5.41, 5.74) is 2.83. The zero-order valence-electron chi connectivity index (χ0n) is 12.0. The number of carbonyl (C=O) groups is 1. The van der Waals surface area contributed by atoms with Gasteiger partial charge in [-0.05, 0) is 31.2 Å². The van der Waals surface area contributed by atoms with E-state index in [2.05, 4.69) is 10.5 Å². The van der Waals surface area contributed by atoms with Gasteiger partial charge in [-0.3, -0.25) is 14.9 Å². The molecule has 0 radical (unpaired) electrons. The molecule has 0 aliphatic carbocycles. The van der Waals surface area contributed by atoms with Crippen LogP contribution in [0.4, 0.5) is 5.69 Å². The topological polar surface area (TPSA) is 105 Å². The SMILES string of the molecule is CC(=NNC(=O)c1ccc(Cl)c([N+](=O)[O-])c1)c1ccccc1O. The molecule has 2 aromatic carbocycles. The van der Waals surface area contributed by atoms with Gasteiger partial charge in [0.25, 0.3) is 11.6 Å². The molecule has 118 valence electrons. The predicted octanol–water partition coefficient (Wildman–Crippen LogP) is 3.11. The van der Waals surface area contributed by atoms with Crippen molar-refractivity contribution in [3.63, 3.8) is 0 Å². The fraction of sp³-hybridized carbons (Fsp3) is 0.0667. The fourth-order valence-electron chi connectivity index (χ4n) is 1.83. The number of nitrogens with zero attached hydrogens (tertiary/aromatic N) is 2. The van der Waals surface area contributed by atoms with Crippen LogP contribution in [-0.2, 0) is 0 Å². The van der Waals surface area contributed by atoms with E-state index in [9.17, 15) is 20.0 Å². The molecular weight excluding hydrogens is 322 g/mol. The van der Waals surface area contributed by atoms with Gasteiger partial charge in [0.05, 0.1) is 10.6 Å². The van der Waals surface area contributed by atoms with Crippen LogP contribution in [0.5, 0.6) is 5.75 Å². The van der Waals surface area contributed by atoms with Crippen LogP contribution in [0.25, 0.3) is 0 Å². The van der Waals surface area contributed by atoms with Gasteiger partial charge in [-0.2, -0.15) is 5.10 Å². The van der Waals surface area contributed by atoms with Crippen LogP contribution in [0.2, 0.25) is 5.02 Å². The molecule has 23 heavy (non-hydrogen) atoms. The number of benzene rings is 2. The van der Waals surface area contributed by atoms with Crippen molar-refractivity contribution in [3.8, 4) is 5.75 Å². The first-order valence-electron chi connectivity index (χ1n) is 6.47. The molecule has 0 heterocycles.